The van der Waals surface area contributed by atoms with Crippen molar-refractivity contribution in [2.24, 2.45) is 23.5 Å². The van der Waals surface area contributed by atoms with E-state index in [9.17, 15) is 55.9 Å². The first-order valence-electron chi connectivity index (χ1n) is 22.2. The number of allylic oxidation sites excluding steroid dienone is 12. The van der Waals surface area contributed by atoms with Gasteiger partial charge in [-0.25, -0.2) is 0 Å². The second kappa shape index (κ2) is 26.9. The van der Waals surface area contributed by atoms with Crippen molar-refractivity contribution in [2.45, 2.75) is 183 Å². The average Bonchev–Trinajstić information content (AvgIpc) is 3.21. The molecular weight excluding hydrogens is 819 g/mol. The van der Waals surface area contributed by atoms with E-state index in [0.29, 0.717) is 0 Å². The summed E-state index contributed by atoms with van der Waals surface area (Å²) >= 11 is 0. The number of esters is 1. The highest BCUT2D eigenvalue weighted by Gasteiger charge is 2.47. The number of ether oxygens (including phenoxy) is 4. The van der Waals surface area contributed by atoms with Gasteiger partial charge in [-0.15, -0.1) is 0 Å². The number of fused-ring (bicyclic) bond motifs is 2. The summed E-state index contributed by atoms with van der Waals surface area (Å²) in [6.45, 7) is 8.60. The summed E-state index contributed by atoms with van der Waals surface area (Å²) in [4.78, 5) is 12.6. The molecular formula is C47H75NO15. The molecule has 2 fully saturated rings. The van der Waals surface area contributed by atoms with Crippen molar-refractivity contribution in [2.75, 3.05) is 0 Å². The number of aliphatic hydroxyl groups is 10. The van der Waals surface area contributed by atoms with E-state index in [1.807, 2.05) is 61.6 Å². The van der Waals surface area contributed by atoms with E-state index in [1.165, 1.54) is 0 Å². The lowest BCUT2D eigenvalue weighted by Gasteiger charge is -2.46. The van der Waals surface area contributed by atoms with Gasteiger partial charge in [0, 0.05) is 37.0 Å². The van der Waals surface area contributed by atoms with Crippen molar-refractivity contribution >= 4 is 5.97 Å². The van der Waals surface area contributed by atoms with Gasteiger partial charge in [0.05, 0.1) is 79.6 Å². The zero-order chi connectivity index (χ0) is 46.9. The molecule has 19 atom stereocenters. The Bertz CT molecular complexity index is 1570. The quantitative estimate of drug-likeness (QED) is 0.176. The third kappa shape index (κ3) is 18.5. The van der Waals surface area contributed by atoms with Gasteiger partial charge in [0.25, 0.3) is 0 Å². The SMILES string of the molecule is CC1O[C@@H](O[C@H]2/C=C/C=C/C=C/C=C/C=C/C=C/C=C/[C@H](C)[C@@H](O)[C@@H](C)[C@H](C)OC(=O)C[C@H](O)C[C@H](O)C[C@H](O)CC[C@@H](O)[C@H](O)C[C@]3(O)C[C@H](O)[C@@H](C)[C@H](C2)O3)[C@H](O)C(N)[C@@H]1O. The Kier molecular flexibility index (Phi) is 23.2. The zero-order valence-corrected chi connectivity index (χ0v) is 37.2. The van der Waals surface area contributed by atoms with Crippen LogP contribution in [0.1, 0.15) is 86.0 Å². The molecule has 0 spiro atoms. The number of nitrogens with two attached hydrogens (primary N) is 1. The monoisotopic (exact) mass is 894 g/mol. The van der Waals surface area contributed by atoms with Crippen molar-refractivity contribution in [3.63, 3.8) is 0 Å². The molecule has 3 aliphatic heterocycles. The van der Waals surface area contributed by atoms with E-state index >= 15 is 0 Å². The normalized spacial score (nSPS) is 46.6. The predicted molar refractivity (Wildman–Crippen MR) is 235 cm³/mol. The van der Waals surface area contributed by atoms with Crippen molar-refractivity contribution < 1.29 is 74.8 Å². The molecule has 0 saturated carbocycles. The Morgan fingerprint density at radius 2 is 1.14 bits per heavy atom. The molecule has 0 aromatic heterocycles. The first-order valence-corrected chi connectivity index (χ1v) is 22.2. The van der Waals surface area contributed by atoms with Gasteiger partial charge in [0.2, 0.25) is 0 Å². The van der Waals surface area contributed by atoms with Crippen molar-refractivity contribution in [1.29, 1.82) is 0 Å². The Labute approximate surface area is 372 Å². The molecule has 2 unspecified atom stereocenters. The molecule has 16 nitrogen and oxygen atoms in total. The van der Waals surface area contributed by atoms with E-state index in [2.05, 4.69) is 0 Å². The second-order valence-corrected chi connectivity index (χ2v) is 17.6. The molecule has 3 heterocycles. The minimum atomic E-state index is -2.08. The predicted octanol–water partition coefficient (Wildman–Crippen LogP) is 1.65. The maximum atomic E-state index is 12.6. The fraction of sp³-hybridized carbons (Fsp3) is 0.681. The maximum Gasteiger partial charge on any atom is 0.308 e. The minimum Gasteiger partial charge on any atom is -0.462 e. The molecule has 2 bridgehead atoms. The number of carbonyl (C=O) groups is 1. The standard InChI is InChI=1S/C47H75NO15/c1-28-18-16-14-12-10-8-6-7-9-11-13-15-17-19-36(62-46-45(58)42(48)44(57)32(5)61-46)25-40-30(3)38(53)26-47(59,63-40)27-39(54)37(52)21-20-33(49)22-34(50)23-35(51)24-41(55)60-31(4)29(2)43(28)56/h6-19,28-40,42-46,49-54,56-59H,20-27,48H2,1-5H3/b7-6+,10-8+,11-9+,14-12+,15-13+,18-16+,19-17+/t28-,29-,30+,31-,32?,33+,34+,35+,36-,37+,38-,39+,40-,42?,43+,44+,45+,46-,47-/m0/s1. The smallest absolute Gasteiger partial charge is 0.308 e. The van der Waals surface area contributed by atoms with Crippen LogP contribution in [-0.4, -0.2) is 155 Å². The fourth-order valence-electron chi connectivity index (χ4n) is 7.79. The van der Waals surface area contributed by atoms with Crippen LogP contribution in [0.2, 0.25) is 0 Å². The summed E-state index contributed by atoms with van der Waals surface area (Å²) in [7, 11) is 0. The lowest BCUT2D eigenvalue weighted by Crippen LogP contribution is -2.61. The summed E-state index contributed by atoms with van der Waals surface area (Å²) in [5, 5.41) is 108. The van der Waals surface area contributed by atoms with Crippen LogP contribution in [0, 0.1) is 17.8 Å². The van der Waals surface area contributed by atoms with Gasteiger partial charge in [0.1, 0.15) is 12.2 Å². The van der Waals surface area contributed by atoms with Crippen LogP contribution >= 0.6 is 0 Å². The number of hydrogen-bond donors (Lipinski definition) is 11. The summed E-state index contributed by atoms with van der Waals surface area (Å²) in [5.41, 5.74) is 6.05. The molecule has 63 heavy (non-hydrogen) atoms. The maximum absolute atomic E-state index is 12.6. The Balaban J connectivity index is 1.81. The fourth-order valence-corrected chi connectivity index (χ4v) is 7.79. The number of rotatable bonds is 2. The molecule has 0 aromatic rings. The summed E-state index contributed by atoms with van der Waals surface area (Å²) in [6.07, 6.45) is 8.08. The van der Waals surface area contributed by atoms with Crippen LogP contribution in [0.15, 0.2) is 85.1 Å². The summed E-state index contributed by atoms with van der Waals surface area (Å²) in [5.74, 6) is -4.01. The molecule has 3 aliphatic rings. The molecule has 0 aliphatic carbocycles. The minimum absolute atomic E-state index is 0.0428. The van der Waals surface area contributed by atoms with Crippen LogP contribution in [0.5, 0.6) is 0 Å². The molecule has 3 rings (SSSR count). The van der Waals surface area contributed by atoms with Crippen molar-refractivity contribution in [1.82, 2.24) is 0 Å². The van der Waals surface area contributed by atoms with Gasteiger partial charge in [-0.1, -0.05) is 106 Å². The van der Waals surface area contributed by atoms with Crippen LogP contribution in [0.4, 0.5) is 0 Å². The first kappa shape index (κ1) is 54.4. The summed E-state index contributed by atoms with van der Waals surface area (Å²) < 4.78 is 23.5. The van der Waals surface area contributed by atoms with Crippen LogP contribution < -0.4 is 5.73 Å². The topological polar surface area (TPSA) is 282 Å². The molecule has 0 aromatic carbocycles. The Hall–Kier alpha value is -2.91. The molecule has 0 radical (unpaired) electrons. The number of aliphatic hydroxyl groups excluding tert-OH is 9. The van der Waals surface area contributed by atoms with E-state index < -0.39 is 128 Å². The van der Waals surface area contributed by atoms with Gasteiger partial charge in [-0.05, 0) is 39.5 Å². The first-order chi connectivity index (χ1) is 29.7. The summed E-state index contributed by atoms with van der Waals surface area (Å²) in [6, 6.07) is -1.05. The zero-order valence-electron chi connectivity index (χ0n) is 37.2. The lowest BCUT2D eigenvalue weighted by atomic mass is 9.83. The van der Waals surface area contributed by atoms with Gasteiger partial charge in [-0.2, -0.15) is 0 Å². The molecule has 0 amide bonds. The number of hydrogen-bond acceptors (Lipinski definition) is 16. The van der Waals surface area contributed by atoms with Crippen molar-refractivity contribution in [3.8, 4) is 0 Å². The van der Waals surface area contributed by atoms with E-state index in [4.69, 9.17) is 24.7 Å². The second-order valence-electron chi connectivity index (χ2n) is 17.6. The highest BCUT2D eigenvalue weighted by molar-refractivity contribution is 5.70. The third-order valence-corrected chi connectivity index (χ3v) is 12.1. The molecule has 2 saturated heterocycles. The molecule has 16 heteroatoms. The van der Waals surface area contributed by atoms with Crippen molar-refractivity contribution in [3.05, 3.63) is 85.1 Å². The Morgan fingerprint density at radius 3 is 1.75 bits per heavy atom. The van der Waals surface area contributed by atoms with Crippen LogP contribution in [-0.2, 0) is 23.7 Å². The van der Waals surface area contributed by atoms with Crippen LogP contribution in [0.25, 0.3) is 0 Å². The van der Waals surface area contributed by atoms with Gasteiger partial charge in [0.15, 0.2) is 12.1 Å². The van der Waals surface area contributed by atoms with E-state index in [0.717, 1.165) is 0 Å². The highest BCUT2D eigenvalue weighted by Crippen LogP contribution is 2.38. The van der Waals surface area contributed by atoms with Crippen LogP contribution in [0.3, 0.4) is 0 Å². The Morgan fingerprint density at radius 1 is 0.603 bits per heavy atom. The molecule has 12 N–H and O–H groups in total. The average molecular weight is 894 g/mol. The lowest BCUT2D eigenvalue weighted by molar-refractivity contribution is -0.310. The number of cyclic esters (lactones) is 1. The number of carbonyl (C=O) groups excluding carboxylic acids is 1. The van der Waals surface area contributed by atoms with E-state index in [1.54, 1.807) is 58.1 Å². The largest absolute Gasteiger partial charge is 0.462 e. The molecule has 358 valence electrons. The van der Waals surface area contributed by atoms with E-state index in [-0.39, 0.29) is 44.4 Å². The van der Waals surface area contributed by atoms with Gasteiger partial charge in [-0.3, -0.25) is 4.79 Å². The third-order valence-electron chi connectivity index (χ3n) is 12.1. The highest BCUT2D eigenvalue weighted by atomic mass is 16.7. The van der Waals surface area contributed by atoms with Gasteiger partial charge < -0.3 is 75.7 Å². The van der Waals surface area contributed by atoms with Gasteiger partial charge >= 0.3 is 5.97 Å².